The number of nitrogens with zero attached hydrogens (tertiary/aromatic N) is 2. The van der Waals surface area contributed by atoms with Crippen LogP contribution in [-0.2, 0) is 4.79 Å². The maximum absolute atomic E-state index is 13.4. The van der Waals surface area contributed by atoms with E-state index in [0.717, 1.165) is 6.07 Å². The lowest BCUT2D eigenvalue weighted by Crippen LogP contribution is -2.25. The summed E-state index contributed by atoms with van der Waals surface area (Å²) < 4.78 is 24.5. The summed E-state index contributed by atoms with van der Waals surface area (Å²) in [4.78, 5) is 24.4. The smallest absolute Gasteiger partial charge is 0.343 e. The Hall–Kier alpha value is -3.97. The highest BCUT2D eigenvalue weighted by molar-refractivity contribution is 9.10. The molecule has 3 aromatic rings. The minimum Gasteiger partial charge on any atom is -0.482 e. The molecular weight excluding hydrogens is 492 g/mol. The predicted molar refractivity (Wildman–Crippen MR) is 123 cm³/mol. The summed E-state index contributed by atoms with van der Waals surface area (Å²) in [6.45, 7) is -0.377. The Balaban J connectivity index is 1.69. The van der Waals surface area contributed by atoms with E-state index in [1.807, 2.05) is 6.07 Å². The third-order valence-electron chi connectivity index (χ3n) is 4.11. The molecule has 0 bridgehead atoms. The van der Waals surface area contributed by atoms with Crippen molar-refractivity contribution in [1.82, 2.24) is 5.43 Å². The van der Waals surface area contributed by atoms with Crippen LogP contribution in [0.4, 0.5) is 4.39 Å². The quantitative estimate of drug-likeness (QED) is 0.175. The number of benzene rings is 3. The molecule has 0 heterocycles. The molecule has 0 aliphatic rings. The highest BCUT2D eigenvalue weighted by atomic mass is 79.9. The van der Waals surface area contributed by atoms with E-state index in [2.05, 4.69) is 26.5 Å². The van der Waals surface area contributed by atoms with Gasteiger partial charge in [-0.05, 0) is 46.3 Å². The molecule has 162 valence electrons. The van der Waals surface area contributed by atoms with Gasteiger partial charge in [0, 0.05) is 5.56 Å². The fourth-order valence-electron chi connectivity index (χ4n) is 2.64. The van der Waals surface area contributed by atoms with Crippen molar-refractivity contribution < 1.29 is 23.5 Å². The number of hydrogen-bond acceptors (Lipinski definition) is 6. The van der Waals surface area contributed by atoms with E-state index < -0.39 is 17.7 Å². The maximum Gasteiger partial charge on any atom is 0.343 e. The van der Waals surface area contributed by atoms with E-state index in [-0.39, 0.29) is 29.2 Å². The van der Waals surface area contributed by atoms with Gasteiger partial charge in [-0.15, -0.1) is 0 Å². The summed E-state index contributed by atoms with van der Waals surface area (Å²) in [5.74, 6) is -1.60. The van der Waals surface area contributed by atoms with Crippen LogP contribution in [0.1, 0.15) is 21.5 Å². The van der Waals surface area contributed by atoms with Gasteiger partial charge in [-0.1, -0.05) is 35.8 Å². The monoisotopic (exact) mass is 505 g/mol. The van der Waals surface area contributed by atoms with E-state index in [9.17, 15) is 14.0 Å². The minimum absolute atomic E-state index is 0.0183. The van der Waals surface area contributed by atoms with Crippen LogP contribution >= 0.6 is 15.9 Å². The zero-order valence-electron chi connectivity index (χ0n) is 16.9. The van der Waals surface area contributed by atoms with Crippen molar-refractivity contribution >= 4 is 47.3 Å². The first-order valence-electron chi connectivity index (χ1n) is 9.38. The number of halogens is 2. The van der Waals surface area contributed by atoms with Gasteiger partial charge in [0.25, 0.3) is 5.91 Å². The summed E-state index contributed by atoms with van der Waals surface area (Å²) in [5, 5.41) is 12.9. The molecule has 2 radical (unpaired) electrons. The second-order valence-electron chi connectivity index (χ2n) is 6.51. The molecule has 3 aromatic carbocycles. The number of rotatable bonds is 7. The number of carbonyl (C=O) groups is 2. The SMILES string of the molecule is [B]c1cc(Br)c(OC(=O)c2cccc(F)c2)c(/C=N/NC(=O)COc2ccccc2C#N)c1. The Labute approximate surface area is 198 Å². The second kappa shape index (κ2) is 11.1. The third kappa shape index (κ3) is 6.51. The summed E-state index contributed by atoms with van der Waals surface area (Å²) in [6, 6.07) is 16.5. The molecule has 7 nitrogen and oxygen atoms in total. The van der Waals surface area contributed by atoms with Crippen LogP contribution in [0.15, 0.2) is 70.2 Å². The molecule has 1 N–H and O–H groups in total. The molecule has 0 atom stereocenters. The van der Waals surface area contributed by atoms with Crippen molar-refractivity contribution in [2.75, 3.05) is 6.61 Å². The van der Waals surface area contributed by atoms with Crippen LogP contribution < -0.4 is 20.4 Å². The van der Waals surface area contributed by atoms with Gasteiger partial charge < -0.3 is 9.47 Å². The number of carbonyl (C=O) groups excluding carboxylic acids is 2. The Morgan fingerprint density at radius 2 is 1.97 bits per heavy atom. The molecule has 0 saturated heterocycles. The van der Waals surface area contributed by atoms with Crippen LogP contribution in [-0.4, -0.2) is 32.5 Å². The van der Waals surface area contributed by atoms with Crippen molar-refractivity contribution in [3.8, 4) is 17.6 Å². The van der Waals surface area contributed by atoms with Gasteiger partial charge in [0.15, 0.2) is 12.4 Å². The van der Waals surface area contributed by atoms with E-state index in [0.29, 0.717) is 15.5 Å². The molecule has 1 amide bonds. The van der Waals surface area contributed by atoms with E-state index in [1.54, 1.807) is 24.3 Å². The second-order valence-corrected chi connectivity index (χ2v) is 7.37. The van der Waals surface area contributed by atoms with Crippen LogP contribution in [0.25, 0.3) is 0 Å². The Kier molecular flexibility index (Phi) is 7.94. The van der Waals surface area contributed by atoms with Crippen molar-refractivity contribution in [1.29, 1.82) is 5.26 Å². The zero-order chi connectivity index (χ0) is 23.8. The lowest BCUT2D eigenvalue weighted by molar-refractivity contribution is -0.123. The number of para-hydroxylation sites is 1. The molecule has 0 saturated carbocycles. The average Bonchev–Trinajstić information content (AvgIpc) is 2.79. The van der Waals surface area contributed by atoms with Crippen molar-refractivity contribution in [3.63, 3.8) is 0 Å². The van der Waals surface area contributed by atoms with Gasteiger partial charge >= 0.3 is 5.97 Å². The maximum atomic E-state index is 13.4. The number of nitriles is 1. The Bertz CT molecular complexity index is 1280. The predicted octanol–water partition coefficient (Wildman–Crippen LogP) is 3.00. The lowest BCUT2D eigenvalue weighted by atomic mass is 9.94. The molecule has 0 unspecified atom stereocenters. The lowest BCUT2D eigenvalue weighted by Gasteiger charge is -2.11. The molecule has 33 heavy (non-hydrogen) atoms. The van der Waals surface area contributed by atoms with Gasteiger partial charge in [-0.3, -0.25) is 4.79 Å². The van der Waals surface area contributed by atoms with Crippen molar-refractivity contribution in [3.05, 3.63) is 87.6 Å². The normalized spacial score (nSPS) is 10.5. The number of amides is 1. The summed E-state index contributed by atoms with van der Waals surface area (Å²) in [6.07, 6.45) is 1.23. The van der Waals surface area contributed by atoms with E-state index in [1.165, 1.54) is 36.5 Å². The summed E-state index contributed by atoms with van der Waals surface area (Å²) in [5.41, 5.74) is 3.21. The van der Waals surface area contributed by atoms with E-state index in [4.69, 9.17) is 22.6 Å². The summed E-state index contributed by atoms with van der Waals surface area (Å²) in [7, 11) is 5.85. The number of hydrogen-bond donors (Lipinski definition) is 1. The summed E-state index contributed by atoms with van der Waals surface area (Å²) >= 11 is 3.27. The highest BCUT2D eigenvalue weighted by Crippen LogP contribution is 2.28. The molecule has 0 aliphatic carbocycles. The zero-order valence-corrected chi connectivity index (χ0v) is 18.5. The first kappa shape index (κ1) is 23.7. The van der Waals surface area contributed by atoms with Gasteiger partial charge in [-0.25, -0.2) is 14.6 Å². The number of nitrogens with one attached hydrogen (secondary N) is 1. The first-order chi connectivity index (χ1) is 15.9. The topological polar surface area (TPSA) is 101 Å². The standard InChI is InChI=1S/C23H14BBrFN3O4/c24-17-8-16(12-28-29-21(30)13-32-20-7-2-1-4-15(20)11-27)22(19(25)10-17)33-23(31)14-5-3-6-18(26)9-14/h1-10,12H,13H2,(H,29,30)/b28-12+. The van der Waals surface area contributed by atoms with Gasteiger partial charge in [-0.2, -0.15) is 10.4 Å². The third-order valence-corrected chi connectivity index (χ3v) is 4.70. The highest BCUT2D eigenvalue weighted by Gasteiger charge is 2.15. The van der Waals surface area contributed by atoms with Gasteiger partial charge in [0.05, 0.1) is 21.8 Å². The first-order valence-corrected chi connectivity index (χ1v) is 10.2. The van der Waals surface area contributed by atoms with Crippen LogP contribution in [0, 0.1) is 17.1 Å². The van der Waals surface area contributed by atoms with Crippen molar-refractivity contribution in [2.24, 2.45) is 5.10 Å². The molecule has 0 aliphatic heterocycles. The van der Waals surface area contributed by atoms with Gasteiger partial charge in [0.1, 0.15) is 25.5 Å². The molecule has 3 rings (SSSR count). The molecule has 0 aromatic heterocycles. The number of ether oxygens (including phenoxy) is 2. The van der Waals surface area contributed by atoms with Crippen molar-refractivity contribution in [2.45, 2.75) is 0 Å². The van der Waals surface area contributed by atoms with Crippen LogP contribution in [0.3, 0.4) is 0 Å². The largest absolute Gasteiger partial charge is 0.482 e. The molecule has 0 fully saturated rings. The van der Waals surface area contributed by atoms with Gasteiger partial charge in [0.2, 0.25) is 0 Å². The van der Waals surface area contributed by atoms with Crippen LogP contribution in [0.2, 0.25) is 0 Å². The Morgan fingerprint density at radius 1 is 1.18 bits per heavy atom. The molecule has 0 spiro atoms. The minimum atomic E-state index is -0.789. The molecular formula is C23H14BBrFN3O4. The average molecular weight is 506 g/mol. The van der Waals surface area contributed by atoms with E-state index >= 15 is 0 Å². The molecule has 10 heteroatoms. The number of esters is 1. The van der Waals surface area contributed by atoms with Crippen LogP contribution in [0.5, 0.6) is 11.5 Å². The Morgan fingerprint density at radius 3 is 2.73 bits per heavy atom. The number of hydrazone groups is 1. The fourth-order valence-corrected chi connectivity index (χ4v) is 3.22. The fraction of sp³-hybridized carbons (Fsp3) is 0.0435.